The molecule has 0 bridgehead atoms. The predicted molar refractivity (Wildman–Crippen MR) is 146 cm³/mol. The van der Waals surface area contributed by atoms with Crippen LogP contribution in [0.1, 0.15) is 29.2 Å². The van der Waals surface area contributed by atoms with Crippen LogP contribution in [0, 0.1) is 6.92 Å². The fourth-order valence-corrected chi connectivity index (χ4v) is 3.68. The van der Waals surface area contributed by atoms with Crippen LogP contribution in [0.5, 0.6) is 5.75 Å². The van der Waals surface area contributed by atoms with Gasteiger partial charge in [0.2, 0.25) is 11.8 Å². The van der Waals surface area contributed by atoms with Crippen molar-refractivity contribution in [2.24, 2.45) is 5.73 Å². The van der Waals surface area contributed by atoms with Crippen LogP contribution >= 0.6 is 0 Å². The maximum atomic E-state index is 12.6. The number of urea groups is 1. The number of amides is 4. The number of ether oxygens (including phenoxy) is 1. The van der Waals surface area contributed by atoms with E-state index in [1.165, 1.54) is 19.4 Å². The lowest BCUT2D eigenvalue weighted by Gasteiger charge is -2.17. The van der Waals surface area contributed by atoms with E-state index in [0.717, 1.165) is 5.56 Å². The van der Waals surface area contributed by atoms with Gasteiger partial charge in [-0.2, -0.15) is 0 Å². The van der Waals surface area contributed by atoms with Crippen LogP contribution in [0.3, 0.4) is 0 Å². The number of carboxylic acids is 1. The molecule has 204 valence electrons. The van der Waals surface area contributed by atoms with Crippen LogP contribution < -0.4 is 31.7 Å². The number of pyridine rings is 1. The van der Waals surface area contributed by atoms with E-state index in [9.17, 15) is 19.2 Å². The minimum Gasteiger partial charge on any atom is -0.495 e. The summed E-state index contributed by atoms with van der Waals surface area (Å²) in [6.45, 7) is 1.61. The number of benzene rings is 2. The molecule has 1 aromatic heterocycles. The van der Waals surface area contributed by atoms with Gasteiger partial charge in [-0.25, -0.2) is 9.78 Å². The molecule has 1 unspecified atom stereocenters. The lowest BCUT2D eigenvalue weighted by Crippen LogP contribution is -2.34. The third kappa shape index (κ3) is 8.54. The molecule has 1 heterocycles. The van der Waals surface area contributed by atoms with E-state index < -0.39 is 23.9 Å². The zero-order valence-corrected chi connectivity index (χ0v) is 21.5. The van der Waals surface area contributed by atoms with E-state index in [-0.39, 0.29) is 31.1 Å². The number of methoxy groups -OCH3 is 1. The van der Waals surface area contributed by atoms with Gasteiger partial charge in [-0.1, -0.05) is 30.3 Å². The number of anilines is 3. The largest absolute Gasteiger partial charge is 0.495 e. The Bertz CT molecular complexity index is 1340. The molecular formula is C27H30N6O6. The van der Waals surface area contributed by atoms with Crippen molar-refractivity contribution >= 4 is 41.0 Å². The Morgan fingerprint density at radius 3 is 2.36 bits per heavy atom. The molecule has 0 aliphatic heterocycles. The number of carbonyl (C=O) groups is 4. The molecule has 0 aliphatic rings. The minimum atomic E-state index is -1.10. The molecular weight excluding hydrogens is 504 g/mol. The van der Waals surface area contributed by atoms with Gasteiger partial charge in [-0.05, 0) is 47.9 Å². The molecule has 3 rings (SSSR count). The average Bonchev–Trinajstić information content (AvgIpc) is 2.90. The van der Waals surface area contributed by atoms with Gasteiger partial charge in [0.1, 0.15) is 11.6 Å². The van der Waals surface area contributed by atoms with Gasteiger partial charge in [0, 0.05) is 11.9 Å². The molecule has 0 radical (unpaired) electrons. The Morgan fingerprint density at radius 1 is 0.974 bits per heavy atom. The van der Waals surface area contributed by atoms with Gasteiger partial charge < -0.3 is 36.8 Å². The third-order valence-electron chi connectivity index (χ3n) is 5.63. The van der Waals surface area contributed by atoms with Crippen molar-refractivity contribution in [2.75, 3.05) is 29.6 Å². The van der Waals surface area contributed by atoms with Crippen LogP contribution in [0.25, 0.3) is 0 Å². The average molecular weight is 535 g/mol. The highest BCUT2D eigenvalue weighted by atomic mass is 16.5. The summed E-state index contributed by atoms with van der Waals surface area (Å²) in [7, 11) is 1.46. The number of aromatic nitrogens is 1. The Balaban J connectivity index is 1.61. The molecule has 0 spiro atoms. The Labute approximate surface area is 225 Å². The molecule has 0 saturated carbocycles. The number of nitrogens with two attached hydrogens (primary N) is 1. The lowest BCUT2D eigenvalue weighted by molar-refractivity contribution is -0.137. The first-order chi connectivity index (χ1) is 18.7. The van der Waals surface area contributed by atoms with Gasteiger partial charge in [-0.15, -0.1) is 0 Å². The maximum absolute atomic E-state index is 12.6. The molecule has 1 atom stereocenters. The second-order valence-corrected chi connectivity index (χ2v) is 8.55. The van der Waals surface area contributed by atoms with Gasteiger partial charge >= 0.3 is 12.0 Å². The van der Waals surface area contributed by atoms with Gasteiger partial charge in [0.15, 0.2) is 0 Å². The molecule has 0 fully saturated rings. The zero-order valence-electron chi connectivity index (χ0n) is 21.5. The summed E-state index contributed by atoms with van der Waals surface area (Å²) >= 11 is 0. The molecule has 7 N–H and O–H groups in total. The first-order valence-corrected chi connectivity index (χ1v) is 12.0. The van der Waals surface area contributed by atoms with Crippen molar-refractivity contribution < 1.29 is 29.0 Å². The van der Waals surface area contributed by atoms with E-state index in [0.29, 0.717) is 28.3 Å². The van der Waals surface area contributed by atoms with E-state index in [4.69, 9.17) is 15.6 Å². The van der Waals surface area contributed by atoms with E-state index >= 15 is 0 Å². The Morgan fingerprint density at radius 2 is 1.72 bits per heavy atom. The summed E-state index contributed by atoms with van der Waals surface area (Å²) in [5.41, 5.74) is 8.43. The van der Waals surface area contributed by atoms with Crippen LogP contribution in [0.15, 0.2) is 60.8 Å². The number of carboxylic acid groups (broad SMARTS) is 1. The van der Waals surface area contributed by atoms with E-state index in [1.807, 2.05) is 25.1 Å². The summed E-state index contributed by atoms with van der Waals surface area (Å²) in [4.78, 5) is 52.0. The number of hydrogen-bond acceptors (Lipinski definition) is 7. The lowest BCUT2D eigenvalue weighted by atomic mass is 10.1. The Hall–Kier alpha value is -4.97. The molecule has 4 amide bonds. The second-order valence-electron chi connectivity index (χ2n) is 8.55. The third-order valence-corrected chi connectivity index (χ3v) is 5.63. The van der Waals surface area contributed by atoms with Crippen molar-refractivity contribution in [3.8, 4) is 5.75 Å². The number of carbonyl (C=O) groups excluding carboxylic acids is 3. The summed E-state index contributed by atoms with van der Waals surface area (Å²) in [6, 6.07) is 14.2. The maximum Gasteiger partial charge on any atom is 0.323 e. The number of nitrogens with zero attached hydrogens (tertiary/aromatic N) is 1. The second kappa shape index (κ2) is 13.5. The minimum absolute atomic E-state index is 0.00365. The number of hydrogen-bond donors (Lipinski definition) is 6. The van der Waals surface area contributed by atoms with Crippen molar-refractivity contribution in [3.05, 3.63) is 77.5 Å². The quantitative estimate of drug-likeness (QED) is 0.217. The smallest absolute Gasteiger partial charge is 0.323 e. The summed E-state index contributed by atoms with van der Waals surface area (Å²) < 4.78 is 5.39. The highest BCUT2D eigenvalue weighted by molar-refractivity contribution is 6.01. The topological polar surface area (TPSA) is 185 Å². The van der Waals surface area contributed by atoms with E-state index in [2.05, 4.69) is 26.3 Å². The molecule has 12 nitrogen and oxygen atoms in total. The molecule has 39 heavy (non-hydrogen) atoms. The van der Waals surface area contributed by atoms with Crippen molar-refractivity contribution in [3.63, 3.8) is 0 Å². The molecule has 2 aromatic carbocycles. The number of aliphatic carboxylic acids is 1. The van der Waals surface area contributed by atoms with Crippen LogP contribution in [-0.4, -0.2) is 47.6 Å². The summed E-state index contributed by atoms with van der Waals surface area (Å²) in [5.74, 6) is -1.32. The van der Waals surface area contributed by atoms with Crippen LogP contribution in [-0.2, 0) is 20.8 Å². The SMILES string of the molecule is COc1cc(CC(=O)Nc2ccc(C(CC(=O)O)NC(=O)CN)cn2)ccc1NC(=O)Nc1ccccc1C. The fourth-order valence-electron chi connectivity index (χ4n) is 3.68. The highest BCUT2D eigenvalue weighted by Gasteiger charge is 2.18. The molecule has 0 saturated heterocycles. The van der Waals surface area contributed by atoms with Gasteiger partial charge in [0.25, 0.3) is 0 Å². The van der Waals surface area contributed by atoms with Crippen molar-refractivity contribution in [1.29, 1.82) is 0 Å². The van der Waals surface area contributed by atoms with Crippen LogP contribution in [0.4, 0.5) is 22.0 Å². The Kier molecular flexibility index (Phi) is 9.93. The first-order valence-electron chi connectivity index (χ1n) is 12.0. The molecule has 0 aliphatic carbocycles. The molecule has 12 heteroatoms. The first kappa shape index (κ1) is 28.6. The summed E-state index contributed by atoms with van der Waals surface area (Å²) in [5, 5.41) is 19.9. The summed E-state index contributed by atoms with van der Waals surface area (Å²) in [6.07, 6.45) is 1.04. The number of aryl methyl sites for hydroxylation is 1. The normalized spacial score (nSPS) is 11.2. The van der Waals surface area contributed by atoms with Crippen molar-refractivity contribution in [1.82, 2.24) is 10.3 Å². The monoisotopic (exact) mass is 534 g/mol. The number of nitrogens with one attached hydrogen (secondary N) is 4. The van der Waals surface area contributed by atoms with Crippen LogP contribution in [0.2, 0.25) is 0 Å². The predicted octanol–water partition coefficient (Wildman–Crippen LogP) is 2.81. The highest BCUT2D eigenvalue weighted by Crippen LogP contribution is 2.26. The standard InChI is InChI=1S/C27H30N6O6/c1-16-5-3-4-6-19(16)31-27(38)32-20-9-7-17(11-22(20)39-2)12-24(34)33-23-10-8-18(15-29-23)21(13-26(36)37)30-25(35)14-28/h3-11,15,21H,12-14,28H2,1-2H3,(H,30,35)(H,36,37)(H,29,33,34)(H2,31,32,38). The van der Waals surface area contributed by atoms with Crippen molar-refractivity contribution in [2.45, 2.75) is 25.8 Å². The molecule has 3 aromatic rings. The van der Waals surface area contributed by atoms with E-state index in [1.54, 1.807) is 30.3 Å². The zero-order chi connectivity index (χ0) is 28.4. The fraction of sp³-hybridized carbons (Fsp3) is 0.222. The number of para-hydroxylation sites is 1. The van der Waals surface area contributed by atoms with Gasteiger partial charge in [-0.3, -0.25) is 14.4 Å². The number of rotatable bonds is 11. The van der Waals surface area contributed by atoms with Gasteiger partial charge in [0.05, 0.1) is 38.2 Å².